The molecule has 0 aliphatic carbocycles. The Kier molecular flexibility index (Phi) is 4.27. The van der Waals surface area contributed by atoms with Crippen LogP contribution in [0.4, 0.5) is 0 Å². The number of benzene rings is 2. The number of halogens is 1. The van der Waals surface area contributed by atoms with Gasteiger partial charge in [0.15, 0.2) is 0 Å². The fraction of sp³-hybridized carbons (Fsp3) is 0.250. The minimum absolute atomic E-state index is 0.624. The van der Waals surface area contributed by atoms with E-state index in [9.17, 15) is 5.11 Å². The van der Waals surface area contributed by atoms with Crippen LogP contribution in [-0.2, 0) is 0 Å². The molecule has 2 aromatic carbocycles. The quantitative estimate of drug-likeness (QED) is 0.920. The Labute approximate surface area is 122 Å². The number of ether oxygens (including phenoxy) is 1. The Balaban J connectivity index is 2.42. The largest absolute Gasteiger partial charge is 0.496 e. The molecule has 0 saturated heterocycles. The first-order valence-corrected chi connectivity index (χ1v) is 6.91. The van der Waals surface area contributed by atoms with Gasteiger partial charge in [-0.25, -0.2) is 0 Å². The lowest BCUT2D eigenvalue weighted by molar-refractivity contribution is 0.220. The molecule has 0 heterocycles. The zero-order valence-electron chi connectivity index (χ0n) is 11.3. The highest BCUT2D eigenvalue weighted by Crippen LogP contribution is 2.30. The van der Waals surface area contributed by atoms with Crippen LogP contribution in [-0.4, -0.2) is 12.2 Å². The number of hydrogen-bond donors (Lipinski definition) is 1. The zero-order valence-corrected chi connectivity index (χ0v) is 12.9. The maximum Gasteiger partial charge on any atom is 0.124 e. The second-order valence-corrected chi connectivity index (χ2v) is 5.56. The molecule has 0 aliphatic rings. The van der Waals surface area contributed by atoms with Crippen LogP contribution in [0, 0.1) is 13.8 Å². The van der Waals surface area contributed by atoms with Gasteiger partial charge < -0.3 is 9.84 Å². The highest BCUT2D eigenvalue weighted by Gasteiger charge is 2.14. The molecular formula is C16H17BrO2. The van der Waals surface area contributed by atoms with Gasteiger partial charge in [0.2, 0.25) is 0 Å². The second-order valence-electron chi connectivity index (χ2n) is 4.65. The third-order valence-electron chi connectivity index (χ3n) is 3.17. The highest BCUT2D eigenvalue weighted by atomic mass is 79.9. The van der Waals surface area contributed by atoms with E-state index < -0.39 is 6.10 Å². The van der Waals surface area contributed by atoms with Crippen molar-refractivity contribution < 1.29 is 9.84 Å². The summed E-state index contributed by atoms with van der Waals surface area (Å²) >= 11 is 3.42. The molecule has 0 unspecified atom stereocenters. The smallest absolute Gasteiger partial charge is 0.124 e. The summed E-state index contributed by atoms with van der Waals surface area (Å²) in [6, 6.07) is 11.7. The van der Waals surface area contributed by atoms with Crippen molar-refractivity contribution in [3.05, 3.63) is 63.1 Å². The summed E-state index contributed by atoms with van der Waals surface area (Å²) in [6.45, 7) is 3.98. The maximum atomic E-state index is 10.5. The first kappa shape index (κ1) is 14.1. The average Bonchev–Trinajstić information content (AvgIpc) is 2.37. The molecule has 0 bridgehead atoms. The third kappa shape index (κ3) is 2.99. The predicted octanol–water partition coefficient (Wildman–Crippen LogP) is 4.16. The summed E-state index contributed by atoms with van der Waals surface area (Å²) in [5.41, 5.74) is 3.82. The molecule has 0 spiro atoms. The molecule has 0 saturated carbocycles. The molecule has 0 radical (unpaired) electrons. The van der Waals surface area contributed by atoms with Gasteiger partial charge in [0.1, 0.15) is 11.9 Å². The number of aliphatic hydroxyl groups is 1. The summed E-state index contributed by atoms with van der Waals surface area (Å²) in [7, 11) is 1.67. The summed E-state index contributed by atoms with van der Waals surface area (Å²) in [5, 5.41) is 10.5. The third-order valence-corrected chi connectivity index (χ3v) is 3.66. The zero-order chi connectivity index (χ0) is 14.0. The lowest BCUT2D eigenvalue weighted by atomic mass is 9.97. The van der Waals surface area contributed by atoms with Crippen molar-refractivity contribution in [1.82, 2.24) is 0 Å². The van der Waals surface area contributed by atoms with E-state index in [4.69, 9.17) is 4.74 Å². The van der Waals surface area contributed by atoms with E-state index in [0.717, 1.165) is 32.5 Å². The minimum atomic E-state index is -0.624. The molecule has 19 heavy (non-hydrogen) atoms. The molecule has 2 rings (SSSR count). The van der Waals surface area contributed by atoms with Crippen LogP contribution in [0.15, 0.2) is 40.9 Å². The van der Waals surface area contributed by atoms with E-state index in [-0.39, 0.29) is 0 Å². The summed E-state index contributed by atoms with van der Waals surface area (Å²) in [6.07, 6.45) is -0.624. The van der Waals surface area contributed by atoms with Gasteiger partial charge in [0, 0.05) is 4.47 Å². The highest BCUT2D eigenvalue weighted by molar-refractivity contribution is 9.10. The van der Waals surface area contributed by atoms with Gasteiger partial charge in [-0.3, -0.25) is 0 Å². The van der Waals surface area contributed by atoms with E-state index in [0.29, 0.717) is 0 Å². The summed E-state index contributed by atoms with van der Waals surface area (Å²) < 4.78 is 6.31. The maximum absolute atomic E-state index is 10.5. The number of methoxy groups -OCH3 is 1. The molecule has 0 fully saturated rings. The van der Waals surface area contributed by atoms with Crippen LogP contribution in [0.25, 0.3) is 0 Å². The molecule has 2 nitrogen and oxygen atoms in total. The lowest BCUT2D eigenvalue weighted by Gasteiger charge is -2.16. The van der Waals surface area contributed by atoms with Crippen LogP contribution in [0.3, 0.4) is 0 Å². The average molecular weight is 321 g/mol. The first-order valence-electron chi connectivity index (χ1n) is 6.11. The minimum Gasteiger partial charge on any atom is -0.496 e. The Hall–Kier alpha value is -1.32. The van der Waals surface area contributed by atoms with Gasteiger partial charge in [-0.05, 0) is 60.4 Å². The molecule has 2 aromatic rings. The van der Waals surface area contributed by atoms with Gasteiger partial charge in [-0.1, -0.05) is 28.1 Å². The van der Waals surface area contributed by atoms with Crippen molar-refractivity contribution in [2.45, 2.75) is 20.0 Å². The van der Waals surface area contributed by atoms with Gasteiger partial charge in [-0.2, -0.15) is 0 Å². The van der Waals surface area contributed by atoms with Gasteiger partial charge in [0.05, 0.1) is 7.11 Å². The molecule has 100 valence electrons. The van der Waals surface area contributed by atoms with Gasteiger partial charge in [0.25, 0.3) is 0 Å². The van der Waals surface area contributed by atoms with Crippen molar-refractivity contribution in [3.8, 4) is 5.75 Å². The van der Waals surface area contributed by atoms with E-state index in [1.807, 2.05) is 50.2 Å². The van der Waals surface area contributed by atoms with Gasteiger partial charge in [-0.15, -0.1) is 0 Å². The monoisotopic (exact) mass is 320 g/mol. The molecule has 1 atom stereocenters. The van der Waals surface area contributed by atoms with E-state index >= 15 is 0 Å². The topological polar surface area (TPSA) is 29.5 Å². The fourth-order valence-corrected chi connectivity index (χ4v) is 2.75. The standard InChI is InChI=1S/C16H17BrO2/c1-10-7-13(8-11(2)16(10)19-3)15(18)12-5-4-6-14(17)9-12/h4-9,15,18H,1-3H3/t15-/m0/s1. The van der Waals surface area contributed by atoms with Crippen molar-refractivity contribution in [3.63, 3.8) is 0 Å². The molecule has 0 aromatic heterocycles. The summed E-state index contributed by atoms with van der Waals surface area (Å²) in [5.74, 6) is 0.880. The van der Waals surface area contributed by atoms with E-state index in [1.54, 1.807) is 7.11 Å². The predicted molar refractivity (Wildman–Crippen MR) is 80.7 cm³/mol. The number of aliphatic hydroxyl groups excluding tert-OH is 1. The van der Waals surface area contributed by atoms with Crippen molar-refractivity contribution in [2.75, 3.05) is 7.11 Å². The number of aryl methyl sites for hydroxylation is 2. The summed E-state index contributed by atoms with van der Waals surface area (Å²) in [4.78, 5) is 0. The Morgan fingerprint density at radius 1 is 1.05 bits per heavy atom. The van der Waals surface area contributed by atoms with Crippen LogP contribution >= 0.6 is 15.9 Å². The molecule has 0 aliphatic heterocycles. The lowest BCUT2D eigenvalue weighted by Crippen LogP contribution is -2.02. The van der Waals surface area contributed by atoms with Crippen LogP contribution in [0.5, 0.6) is 5.75 Å². The van der Waals surface area contributed by atoms with Crippen molar-refractivity contribution in [1.29, 1.82) is 0 Å². The SMILES string of the molecule is COc1c(C)cc([C@@H](O)c2cccc(Br)c2)cc1C. The van der Waals surface area contributed by atoms with Crippen LogP contribution in [0.2, 0.25) is 0 Å². The van der Waals surface area contributed by atoms with Crippen LogP contribution < -0.4 is 4.74 Å². The van der Waals surface area contributed by atoms with Gasteiger partial charge >= 0.3 is 0 Å². The number of hydrogen-bond acceptors (Lipinski definition) is 2. The molecule has 0 amide bonds. The second kappa shape index (κ2) is 5.76. The normalized spacial score (nSPS) is 12.3. The molecular weight excluding hydrogens is 304 g/mol. The first-order chi connectivity index (χ1) is 9.02. The van der Waals surface area contributed by atoms with E-state index in [1.165, 1.54) is 0 Å². The Morgan fingerprint density at radius 3 is 2.21 bits per heavy atom. The van der Waals surface area contributed by atoms with E-state index in [2.05, 4.69) is 15.9 Å². The van der Waals surface area contributed by atoms with Crippen molar-refractivity contribution in [2.24, 2.45) is 0 Å². The van der Waals surface area contributed by atoms with Crippen molar-refractivity contribution >= 4 is 15.9 Å². The fourth-order valence-electron chi connectivity index (χ4n) is 2.33. The number of rotatable bonds is 3. The Bertz CT molecular complexity index is 570. The molecule has 1 N–H and O–H groups in total. The Morgan fingerprint density at radius 2 is 1.68 bits per heavy atom. The molecule has 3 heteroatoms. The van der Waals surface area contributed by atoms with Crippen LogP contribution in [0.1, 0.15) is 28.4 Å².